The first-order chi connectivity index (χ1) is 11.6. The van der Waals surface area contributed by atoms with E-state index in [9.17, 15) is 4.79 Å². The number of piperidine rings is 1. The van der Waals surface area contributed by atoms with E-state index in [1.54, 1.807) is 6.07 Å². The monoisotopic (exact) mass is 334 g/mol. The zero-order chi connectivity index (χ0) is 17.4. The third kappa shape index (κ3) is 5.41. The van der Waals surface area contributed by atoms with Crippen LogP contribution in [0.3, 0.4) is 0 Å². The fourth-order valence-corrected chi connectivity index (χ4v) is 2.84. The van der Waals surface area contributed by atoms with Gasteiger partial charge in [0.05, 0.1) is 13.2 Å². The molecule has 1 aliphatic rings. The van der Waals surface area contributed by atoms with Crippen molar-refractivity contribution < 1.29 is 14.3 Å². The first-order valence-electron chi connectivity index (χ1n) is 9.07. The third-order valence-electron chi connectivity index (χ3n) is 4.09. The molecule has 1 aliphatic heterocycles. The number of hydrogen-bond acceptors (Lipinski definition) is 4. The van der Waals surface area contributed by atoms with Crippen molar-refractivity contribution in [1.82, 2.24) is 10.6 Å². The van der Waals surface area contributed by atoms with Crippen LogP contribution in [0.4, 0.5) is 0 Å². The number of benzene rings is 1. The molecule has 134 valence electrons. The minimum atomic E-state index is -0.0440. The van der Waals surface area contributed by atoms with E-state index in [-0.39, 0.29) is 11.9 Å². The summed E-state index contributed by atoms with van der Waals surface area (Å²) < 4.78 is 11.5. The zero-order valence-electron chi connectivity index (χ0n) is 15.1. The van der Waals surface area contributed by atoms with Gasteiger partial charge >= 0.3 is 0 Å². The van der Waals surface area contributed by atoms with Crippen LogP contribution in [0.5, 0.6) is 11.5 Å². The van der Waals surface area contributed by atoms with E-state index in [0.29, 0.717) is 36.3 Å². The maximum Gasteiger partial charge on any atom is 0.251 e. The normalized spacial score (nSPS) is 20.5. The van der Waals surface area contributed by atoms with Gasteiger partial charge in [0.25, 0.3) is 5.91 Å². The molecule has 2 unspecified atom stereocenters. The molecule has 0 spiro atoms. The van der Waals surface area contributed by atoms with Crippen molar-refractivity contribution in [3.05, 3.63) is 23.8 Å². The van der Waals surface area contributed by atoms with Gasteiger partial charge in [-0.2, -0.15) is 0 Å². The highest BCUT2D eigenvalue weighted by molar-refractivity contribution is 5.95. The van der Waals surface area contributed by atoms with Gasteiger partial charge < -0.3 is 20.1 Å². The highest BCUT2D eigenvalue weighted by Crippen LogP contribution is 2.29. The van der Waals surface area contributed by atoms with E-state index in [1.807, 2.05) is 12.1 Å². The largest absolute Gasteiger partial charge is 0.490 e. The Labute approximate surface area is 145 Å². The van der Waals surface area contributed by atoms with Crippen molar-refractivity contribution in [3.8, 4) is 11.5 Å². The minimum absolute atomic E-state index is 0.0440. The Bertz CT molecular complexity index is 533. The molecule has 1 fully saturated rings. The molecular formula is C19H30N2O3. The quantitative estimate of drug-likeness (QED) is 0.767. The van der Waals surface area contributed by atoms with E-state index < -0.39 is 0 Å². The number of nitrogens with one attached hydrogen (secondary N) is 2. The second kappa shape index (κ2) is 9.52. The first-order valence-corrected chi connectivity index (χ1v) is 9.07. The smallest absolute Gasteiger partial charge is 0.251 e. The molecule has 1 aromatic carbocycles. The van der Waals surface area contributed by atoms with Crippen LogP contribution in [0.15, 0.2) is 18.2 Å². The highest BCUT2D eigenvalue weighted by atomic mass is 16.5. The summed E-state index contributed by atoms with van der Waals surface area (Å²) in [5.41, 5.74) is 0.621. The predicted octanol–water partition coefficient (Wildman–Crippen LogP) is 3.13. The van der Waals surface area contributed by atoms with Gasteiger partial charge in [0, 0.05) is 17.6 Å². The van der Waals surface area contributed by atoms with Crippen LogP contribution in [0.2, 0.25) is 0 Å². The standard InChI is InChI=1S/C19H30N2O3/c1-4-10-23-17-7-6-15(13-18(17)24-11-5-2)19(22)21-16-8-9-20-14(3)12-16/h6-7,13-14,16,20H,4-5,8-12H2,1-3H3,(H,21,22). The summed E-state index contributed by atoms with van der Waals surface area (Å²) in [6.45, 7) is 8.46. The van der Waals surface area contributed by atoms with Gasteiger partial charge in [-0.1, -0.05) is 13.8 Å². The average molecular weight is 334 g/mol. The maximum absolute atomic E-state index is 12.5. The molecule has 1 saturated heterocycles. The summed E-state index contributed by atoms with van der Waals surface area (Å²) in [5.74, 6) is 1.31. The fourth-order valence-electron chi connectivity index (χ4n) is 2.84. The minimum Gasteiger partial charge on any atom is -0.490 e. The van der Waals surface area contributed by atoms with Gasteiger partial charge in [-0.25, -0.2) is 0 Å². The summed E-state index contributed by atoms with van der Waals surface area (Å²) >= 11 is 0. The van der Waals surface area contributed by atoms with Crippen LogP contribution in [-0.2, 0) is 0 Å². The molecule has 24 heavy (non-hydrogen) atoms. The Morgan fingerprint density at radius 3 is 2.58 bits per heavy atom. The SMILES string of the molecule is CCCOc1ccc(C(=O)NC2CCNC(C)C2)cc1OCCC. The van der Waals surface area contributed by atoms with E-state index in [0.717, 1.165) is 32.2 Å². The van der Waals surface area contributed by atoms with Crippen molar-refractivity contribution in [1.29, 1.82) is 0 Å². The lowest BCUT2D eigenvalue weighted by Crippen LogP contribution is -2.46. The maximum atomic E-state index is 12.5. The molecule has 0 radical (unpaired) electrons. The topological polar surface area (TPSA) is 59.6 Å². The van der Waals surface area contributed by atoms with Crippen LogP contribution < -0.4 is 20.1 Å². The van der Waals surface area contributed by atoms with E-state index in [2.05, 4.69) is 31.4 Å². The van der Waals surface area contributed by atoms with Crippen molar-refractivity contribution >= 4 is 5.91 Å². The van der Waals surface area contributed by atoms with Crippen molar-refractivity contribution in [3.63, 3.8) is 0 Å². The van der Waals surface area contributed by atoms with E-state index in [4.69, 9.17) is 9.47 Å². The third-order valence-corrected chi connectivity index (χ3v) is 4.09. The lowest BCUT2D eigenvalue weighted by atomic mass is 10.00. The summed E-state index contributed by atoms with van der Waals surface area (Å²) in [6.07, 6.45) is 3.77. The molecule has 5 heteroatoms. The lowest BCUT2D eigenvalue weighted by molar-refractivity contribution is 0.0925. The van der Waals surface area contributed by atoms with Gasteiger partial charge in [0.15, 0.2) is 11.5 Å². The number of rotatable bonds is 8. The summed E-state index contributed by atoms with van der Waals surface area (Å²) in [4.78, 5) is 12.5. The van der Waals surface area contributed by atoms with Gasteiger partial charge in [0.2, 0.25) is 0 Å². The van der Waals surface area contributed by atoms with Crippen molar-refractivity contribution in [2.45, 2.75) is 58.5 Å². The van der Waals surface area contributed by atoms with Gasteiger partial charge in [-0.15, -0.1) is 0 Å². The van der Waals surface area contributed by atoms with Crippen molar-refractivity contribution in [2.24, 2.45) is 0 Å². The molecule has 2 atom stereocenters. The van der Waals surface area contributed by atoms with Gasteiger partial charge in [-0.3, -0.25) is 4.79 Å². The first kappa shape index (κ1) is 18.6. The summed E-state index contributed by atoms with van der Waals surface area (Å²) in [7, 11) is 0. The predicted molar refractivity (Wildman–Crippen MR) is 96.0 cm³/mol. The second-order valence-electron chi connectivity index (χ2n) is 6.41. The second-order valence-corrected chi connectivity index (χ2v) is 6.41. The molecule has 0 aromatic heterocycles. The van der Waals surface area contributed by atoms with Gasteiger partial charge in [-0.05, 0) is 57.4 Å². The molecule has 0 saturated carbocycles. The molecular weight excluding hydrogens is 304 g/mol. The molecule has 2 rings (SSSR count). The number of carbonyl (C=O) groups excluding carboxylic acids is 1. The number of carbonyl (C=O) groups is 1. The molecule has 1 amide bonds. The van der Waals surface area contributed by atoms with Crippen LogP contribution in [0.1, 0.15) is 56.8 Å². The van der Waals surface area contributed by atoms with Crippen LogP contribution in [-0.4, -0.2) is 37.7 Å². The zero-order valence-corrected chi connectivity index (χ0v) is 15.1. The molecule has 5 nitrogen and oxygen atoms in total. The molecule has 2 N–H and O–H groups in total. The number of amides is 1. The molecule has 0 aliphatic carbocycles. The molecule has 1 heterocycles. The highest BCUT2D eigenvalue weighted by Gasteiger charge is 2.21. The average Bonchev–Trinajstić information content (AvgIpc) is 2.58. The molecule has 1 aromatic rings. The van der Waals surface area contributed by atoms with Gasteiger partial charge in [0.1, 0.15) is 0 Å². The number of hydrogen-bond donors (Lipinski definition) is 2. The Balaban J connectivity index is 2.06. The Morgan fingerprint density at radius 2 is 1.92 bits per heavy atom. The fraction of sp³-hybridized carbons (Fsp3) is 0.632. The van der Waals surface area contributed by atoms with Crippen molar-refractivity contribution in [2.75, 3.05) is 19.8 Å². The Hall–Kier alpha value is -1.75. The molecule has 0 bridgehead atoms. The van der Waals surface area contributed by atoms with E-state index in [1.165, 1.54) is 0 Å². The number of ether oxygens (including phenoxy) is 2. The Morgan fingerprint density at radius 1 is 1.21 bits per heavy atom. The van der Waals surface area contributed by atoms with E-state index >= 15 is 0 Å². The van der Waals surface area contributed by atoms with Crippen LogP contribution >= 0.6 is 0 Å². The summed E-state index contributed by atoms with van der Waals surface area (Å²) in [5, 5.41) is 6.53. The van der Waals surface area contributed by atoms with Crippen LogP contribution in [0, 0.1) is 0 Å². The summed E-state index contributed by atoms with van der Waals surface area (Å²) in [6, 6.07) is 6.10. The Kier molecular flexibility index (Phi) is 7.37. The lowest BCUT2D eigenvalue weighted by Gasteiger charge is -2.28. The van der Waals surface area contributed by atoms with Crippen LogP contribution in [0.25, 0.3) is 0 Å².